The maximum Gasteiger partial charge on any atom is 0.223 e. The first-order valence-corrected chi connectivity index (χ1v) is 6.80. The topological polar surface area (TPSA) is 63.9 Å². The minimum Gasteiger partial charge on any atom is -0.333 e. The summed E-state index contributed by atoms with van der Waals surface area (Å²) < 4.78 is 1.78. The van der Waals surface area contributed by atoms with Gasteiger partial charge in [-0.3, -0.25) is 9.78 Å². The molecule has 0 spiro atoms. The summed E-state index contributed by atoms with van der Waals surface area (Å²) in [6, 6.07) is 3.72. The summed E-state index contributed by atoms with van der Waals surface area (Å²) in [5, 5.41) is 4.43. The third kappa shape index (κ3) is 2.17. The number of carbonyl (C=O) groups excluding carboxylic acids is 1. The zero-order valence-electron chi connectivity index (χ0n) is 11.7. The van der Waals surface area contributed by atoms with Gasteiger partial charge in [0.05, 0.1) is 17.9 Å². The maximum absolute atomic E-state index is 11.9. The lowest BCUT2D eigenvalue weighted by atomic mass is 10.2. The first kappa shape index (κ1) is 12.8. The second-order valence-electron chi connectivity index (χ2n) is 5.01. The Morgan fingerprint density at radius 2 is 2.25 bits per heavy atom. The van der Waals surface area contributed by atoms with Crippen LogP contribution in [0.2, 0.25) is 0 Å². The van der Waals surface area contributed by atoms with Crippen molar-refractivity contribution in [1.29, 1.82) is 0 Å². The molecule has 0 saturated carbocycles. The fourth-order valence-corrected chi connectivity index (χ4v) is 2.59. The monoisotopic (exact) mass is 271 g/mol. The van der Waals surface area contributed by atoms with Gasteiger partial charge in [0, 0.05) is 19.2 Å². The zero-order chi connectivity index (χ0) is 14.1. The number of pyridine rings is 1. The summed E-state index contributed by atoms with van der Waals surface area (Å²) in [4.78, 5) is 22.4. The molecule has 1 unspecified atom stereocenters. The van der Waals surface area contributed by atoms with Crippen molar-refractivity contribution < 1.29 is 4.79 Å². The molecule has 3 rings (SSSR count). The van der Waals surface area contributed by atoms with Crippen LogP contribution in [0.15, 0.2) is 24.5 Å². The van der Waals surface area contributed by atoms with Crippen molar-refractivity contribution in [2.75, 3.05) is 6.54 Å². The van der Waals surface area contributed by atoms with E-state index in [4.69, 9.17) is 0 Å². The minimum absolute atomic E-state index is 0.0774. The van der Waals surface area contributed by atoms with Gasteiger partial charge in [0.1, 0.15) is 5.82 Å². The van der Waals surface area contributed by atoms with Crippen molar-refractivity contribution in [3.63, 3.8) is 0 Å². The SMILES string of the molecule is Cc1nc(C(C)N2CCCC2=O)n(-c2cccnc2)n1. The van der Waals surface area contributed by atoms with Crippen LogP contribution in [-0.2, 0) is 4.79 Å². The van der Waals surface area contributed by atoms with Crippen molar-refractivity contribution >= 4 is 5.91 Å². The molecule has 1 fully saturated rings. The molecule has 0 radical (unpaired) electrons. The van der Waals surface area contributed by atoms with Crippen LogP contribution in [-0.4, -0.2) is 37.1 Å². The van der Waals surface area contributed by atoms with E-state index in [0.717, 1.165) is 24.5 Å². The Morgan fingerprint density at radius 1 is 1.40 bits per heavy atom. The van der Waals surface area contributed by atoms with E-state index in [0.29, 0.717) is 12.2 Å². The fourth-order valence-electron chi connectivity index (χ4n) is 2.59. The van der Waals surface area contributed by atoms with E-state index in [1.54, 1.807) is 17.1 Å². The zero-order valence-corrected chi connectivity index (χ0v) is 11.7. The second kappa shape index (κ2) is 5.03. The van der Waals surface area contributed by atoms with E-state index in [1.165, 1.54) is 0 Å². The van der Waals surface area contributed by atoms with E-state index < -0.39 is 0 Å². The minimum atomic E-state index is -0.0774. The van der Waals surface area contributed by atoms with E-state index in [-0.39, 0.29) is 11.9 Å². The van der Waals surface area contributed by atoms with Crippen LogP contribution < -0.4 is 0 Å². The second-order valence-corrected chi connectivity index (χ2v) is 5.01. The Balaban J connectivity index is 1.99. The smallest absolute Gasteiger partial charge is 0.223 e. The summed E-state index contributed by atoms with van der Waals surface area (Å²) in [5.41, 5.74) is 0.863. The highest BCUT2D eigenvalue weighted by Crippen LogP contribution is 2.25. The number of aryl methyl sites for hydroxylation is 1. The summed E-state index contributed by atoms with van der Waals surface area (Å²) in [7, 11) is 0. The number of carbonyl (C=O) groups is 1. The number of amides is 1. The summed E-state index contributed by atoms with van der Waals surface area (Å²) >= 11 is 0. The van der Waals surface area contributed by atoms with Gasteiger partial charge in [0.15, 0.2) is 5.82 Å². The molecular weight excluding hydrogens is 254 g/mol. The predicted molar refractivity (Wildman–Crippen MR) is 73.3 cm³/mol. The molecule has 0 N–H and O–H groups in total. The van der Waals surface area contributed by atoms with Crippen molar-refractivity contribution in [2.24, 2.45) is 0 Å². The molecule has 1 amide bonds. The molecule has 0 aliphatic carbocycles. The lowest BCUT2D eigenvalue weighted by Crippen LogP contribution is -2.29. The molecule has 20 heavy (non-hydrogen) atoms. The first-order chi connectivity index (χ1) is 9.66. The molecule has 1 saturated heterocycles. The number of rotatable bonds is 3. The van der Waals surface area contributed by atoms with E-state index in [1.807, 2.05) is 30.9 Å². The van der Waals surface area contributed by atoms with Gasteiger partial charge < -0.3 is 4.90 Å². The van der Waals surface area contributed by atoms with Crippen LogP contribution in [0.25, 0.3) is 5.69 Å². The van der Waals surface area contributed by atoms with Gasteiger partial charge in [-0.05, 0) is 32.4 Å². The van der Waals surface area contributed by atoms with Gasteiger partial charge in [-0.1, -0.05) is 0 Å². The molecule has 3 heterocycles. The molecule has 6 nitrogen and oxygen atoms in total. The Kier molecular flexibility index (Phi) is 3.22. The van der Waals surface area contributed by atoms with Crippen LogP contribution in [0.3, 0.4) is 0 Å². The van der Waals surface area contributed by atoms with Crippen molar-refractivity contribution in [2.45, 2.75) is 32.7 Å². The number of hydrogen-bond acceptors (Lipinski definition) is 4. The normalized spacial score (nSPS) is 16.7. The molecular formula is C14H17N5O. The standard InChI is InChI=1S/C14H17N5O/c1-10(18-8-4-6-13(18)20)14-16-11(2)17-19(14)12-5-3-7-15-9-12/h3,5,7,9-10H,4,6,8H2,1-2H3. The van der Waals surface area contributed by atoms with Crippen LogP contribution in [0.4, 0.5) is 0 Å². The maximum atomic E-state index is 11.9. The van der Waals surface area contributed by atoms with Gasteiger partial charge in [-0.2, -0.15) is 5.10 Å². The lowest BCUT2D eigenvalue weighted by Gasteiger charge is -2.23. The highest BCUT2D eigenvalue weighted by molar-refractivity contribution is 5.78. The van der Waals surface area contributed by atoms with Gasteiger partial charge >= 0.3 is 0 Å². The molecule has 2 aromatic heterocycles. The molecule has 0 bridgehead atoms. The summed E-state index contributed by atoms with van der Waals surface area (Å²) in [6.45, 7) is 4.65. The third-order valence-corrected chi connectivity index (χ3v) is 3.58. The first-order valence-electron chi connectivity index (χ1n) is 6.80. The number of likely N-dealkylation sites (tertiary alicyclic amines) is 1. The van der Waals surface area contributed by atoms with Crippen molar-refractivity contribution in [1.82, 2.24) is 24.6 Å². The predicted octanol–water partition coefficient (Wildman–Crippen LogP) is 1.65. The molecule has 1 aliphatic heterocycles. The van der Waals surface area contributed by atoms with Gasteiger partial charge in [-0.15, -0.1) is 0 Å². The van der Waals surface area contributed by atoms with Crippen molar-refractivity contribution in [3.05, 3.63) is 36.2 Å². The Labute approximate surface area is 117 Å². The van der Waals surface area contributed by atoms with E-state index in [2.05, 4.69) is 15.1 Å². The summed E-state index contributed by atoms with van der Waals surface area (Å²) in [6.07, 6.45) is 5.02. The van der Waals surface area contributed by atoms with Gasteiger partial charge in [-0.25, -0.2) is 9.67 Å². The van der Waals surface area contributed by atoms with E-state index in [9.17, 15) is 4.79 Å². The van der Waals surface area contributed by atoms with Gasteiger partial charge in [0.2, 0.25) is 5.91 Å². The van der Waals surface area contributed by atoms with Crippen LogP contribution in [0.5, 0.6) is 0 Å². The van der Waals surface area contributed by atoms with Crippen LogP contribution in [0, 0.1) is 6.92 Å². The quantitative estimate of drug-likeness (QED) is 0.851. The van der Waals surface area contributed by atoms with Crippen molar-refractivity contribution in [3.8, 4) is 5.69 Å². The lowest BCUT2D eigenvalue weighted by molar-refractivity contribution is -0.129. The molecule has 1 aliphatic rings. The highest BCUT2D eigenvalue weighted by atomic mass is 16.2. The average Bonchev–Trinajstić information content (AvgIpc) is 3.05. The Morgan fingerprint density at radius 3 is 2.90 bits per heavy atom. The molecule has 104 valence electrons. The Hall–Kier alpha value is -2.24. The number of nitrogens with zero attached hydrogens (tertiary/aromatic N) is 5. The van der Waals surface area contributed by atoms with Crippen LogP contribution in [0.1, 0.15) is 37.5 Å². The molecule has 0 aromatic carbocycles. The molecule has 6 heteroatoms. The Bertz CT molecular complexity index is 622. The molecule has 1 atom stereocenters. The number of aromatic nitrogens is 4. The highest BCUT2D eigenvalue weighted by Gasteiger charge is 2.29. The largest absolute Gasteiger partial charge is 0.333 e. The van der Waals surface area contributed by atoms with E-state index >= 15 is 0 Å². The third-order valence-electron chi connectivity index (χ3n) is 3.58. The van der Waals surface area contributed by atoms with Crippen LogP contribution >= 0.6 is 0 Å². The number of hydrogen-bond donors (Lipinski definition) is 0. The average molecular weight is 271 g/mol. The van der Waals surface area contributed by atoms with Gasteiger partial charge in [0.25, 0.3) is 0 Å². The molecule has 2 aromatic rings. The fraction of sp³-hybridized carbons (Fsp3) is 0.429. The summed E-state index contributed by atoms with van der Waals surface area (Å²) in [5.74, 6) is 1.67.